The molecule has 7 heteroatoms. The van der Waals surface area contributed by atoms with Crippen LogP contribution in [0.1, 0.15) is 10.4 Å². The van der Waals surface area contributed by atoms with Crippen LogP contribution in [0, 0.1) is 5.82 Å². The monoisotopic (exact) mass is 352 g/mol. The van der Waals surface area contributed by atoms with Crippen LogP contribution in [-0.4, -0.2) is 17.1 Å². The molecule has 2 aromatic rings. The van der Waals surface area contributed by atoms with Gasteiger partial charge in [-0.15, -0.1) is 0 Å². The lowest BCUT2D eigenvalue weighted by atomic mass is 10.2. The highest BCUT2D eigenvalue weighted by atomic mass is 79.9. The lowest BCUT2D eigenvalue weighted by molar-refractivity contribution is 0.0692. The summed E-state index contributed by atoms with van der Waals surface area (Å²) in [6.45, 7) is 0. The number of carbonyl (C=O) groups excluding carboxylic acids is 1. The number of hydrogen-bond acceptors (Lipinski definition) is 2. The maximum Gasteiger partial charge on any atom is 0.338 e. The lowest BCUT2D eigenvalue weighted by Gasteiger charge is -2.09. The van der Waals surface area contributed by atoms with Gasteiger partial charge in [0.15, 0.2) is 0 Å². The van der Waals surface area contributed by atoms with E-state index in [-0.39, 0.29) is 5.69 Å². The molecule has 2 aromatic carbocycles. The molecule has 0 saturated carbocycles. The number of benzene rings is 2. The number of rotatable bonds is 3. The van der Waals surface area contributed by atoms with Crippen LogP contribution in [0.2, 0.25) is 0 Å². The maximum absolute atomic E-state index is 13.2. The predicted molar refractivity (Wildman–Crippen MR) is 80.1 cm³/mol. The summed E-state index contributed by atoms with van der Waals surface area (Å²) < 4.78 is 14.0. The fourth-order valence-electron chi connectivity index (χ4n) is 1.63. The van der Waals surface area contributed by atoms with Gasteiger partial charge in [-0.1, -0.05) is 22.0 Å². The van der Waals surface area contributed by atoms with Gasteiger partial charge in [-0.05, 0) is 36.4 Å². The molecule has 0 heterocycles. The third-order valence-corrected chi connectivity index (χ3v) is 3.03. The van der Waals surface area contributed by atoms with Crippen molar-refractivity contribution in [1.29, 1.82) is 0 Å². The molecule has 2 rings (SSSR count). The van der Waals surface area contributed by atoms with Gasteiger partial charge in [0.1, 0.15) is 5.82 Å². The molecule has 2 amide bonds. The van der Waals surface area contributed by atoms with Gasteiger partial charge in [0.25, 0.3) is 0 Å². The molecule has 0 radical (unpaired) electrons. The summed E-state index contributed by atoms with van der Waals surface area (Å²) in [4.78, 5) is 22.6. The van der Waals surface area contributed by atoms with Crippen LogP contribution in [0.5, 0.6) is 0 Å². The van der Waals surface area contributed by atoms with Gasteiger partial charge in [-0.3, -0.25) is 0 Å². The minimum Gasteiger partial charge on any atom is -0.478 e. The molecule has 0 aliphatic heterocycles. The smallest absolute Gasteiger partial charge is 0.338 e. The molecule has 108 valence electrons. The predicted octanol–water partition coefficient (Wildman–Crippen LogP) is 3.93. The molecule has 21 heavy (non-hydrogen) atoms. The molecule has 3 N–H and O–H groups in total. The van der Waals surface area contributed by atoms with Crippen molar-refractivity contribution in [3.8, 4) is 0 Å². The van der Waals surface area contributed by atoms with Crippen molar-refractivity contribution in [3.05, 3.63) is 58.3 Å². The Morgan fingerprint density at radius 1 is 1.05 bits per heavy atom. The van der Waals surface area contributed by atoms with Gasteiger partial charge in [0, 0.05) is 15.8 Å². The van der Waals surface area contributed by atoms with Crippen LogP contribution in [0.4, 0.5) is 20.6 Å². The second kappa shape index (κ2) is 6.36. The molecule has 0 aliphatic rings. The van der Waals surface area contributed by atoms with Crippen molar-refractivity contribution >= 4 is 39.3 Å². The van der Waals surface area contributed by atoms with Crippen LogP contribution >= 0.6 is 15.9 Å². The SMILES string of the molecule is O=C(Nc1cccc(Br)c1)Nc1ccc(F)c(C(=O)O)c1. The van der Waals surface area contributed by atoms with Gasteiger partial charge < -0.3 is 15.7 Å². The molecular formula is C14H10BrFN2O3. The maximum atomic E-state index is 13.2. The third kappa shape index (κ3) is 4.03. The second-order valence-electron chi connectivity index (χ2n) is 4.09. The van der Waals surface area contributed by atoms with Crippen LogP contribution < -0.4 is 10.6 Å². The van der Waals surface area contributed by atoms with Crippen molar-refractivity contribution in [2.45, 2.75) is 0 Å². The van der Waals surface area contributed by atoms with Gasteiger partial charge >= 0.3 is 12.0 Å². The summed E-state index contributed by atoms with van der Waals surface area (Å²) in [7, 11) is 0. The molecule has 0 fully saturated rings. The fraction of sp³-hybridized carbons (Fsp3) is 0. The first kappa shape index (κ1) is 15.0. The van der Waals surface area contributed by atoms with Crippen molar-refractivity contribution in [1.82, 2.24) is 0 Å². The molecule has 5 nitrogen and oxygen atoms in total. The highest BCUT2D eigenvalue weighted by Crippen LogP contribution is 2.17. The second-order valence-corrected chi connectivity index (χ2v) is 5.00. The lowest BCUT2D eigenvalue weighted by Crippen LogP contribution is -2.19. The van der Waals surface area contributed by atoms with E-state index in [1.807, 2.05) is 6.07 Å². The first-order valence-corrected chi connectivity index (χ1v) is 6.61. The highest BCUT2D eigenvalue weighted by Gasteiger charge is 2.12. The highest BCUT2D eigenvalue weighted by molar-refractivity contribution is 9.10. The Labute approximate surface area is 127 Å². The number of hydrogen-bond donors (Lipinski definition) is 3. The first-order chi connectivity index (χ1) is 9.95. The topological polar surface area (TPSA) is 78.4 Å². The number of carbonyl (C=O) groups is 2. The van der Waals surface area contributed by atoms with E-state index in [0.29, 0.717) is 5.69 Å². The van der Waals surface area contributed by atoms with Crippen molar-refractivity contribution < 1.29 is 19.1 Å². The standard InChI is InChI=1S/C14H10BrFN2O3/c15-8-2-1-3-9(6-8)17-14(21)18-10-4-5-12(16)11(7-10)13(19)20/h1-7H,(H,19,20)(H2,17,18,21). The number of carboxylic acid groups (broad SMARTS) is 1. The summed E-state index contributed by atoms with van der Waals surface area (Å²) in [6.07, 6.45) is 0. The number of urea groups is 1. The number of aromatic carboxylic acids is 1. The number of amides is 2. The van der Waals surface area contributed by atoms with E-state index in [4.69, 9.17) is 5.11 Å². The van der Waals surface area contributed by atoms with Gasteiger partial charge in [-0.25, -0.2) is 14.0 Å². The third-order valence-electron chi connectivity index (χ3n) is 2.54. The van der Waals surface area contributed by atoms with Crippen LogP contribution in [0.25, 0.3) is 0 Å². The number of halogens is 2. The summed E-state index contributed by atoms with van der Waals surface area (Å²) in [6, 6.07) is 9.71. The zero-order chi connectivity index (χ0) is 15.4. The zero-order valence-corrected chi connectivity index (χ0v) is 12.1. The van der Waals surface area contributed by atoms with Crippen molar-refractivity contribution in [2.24, 2.45) is 0 Å². The average Bonchev–Trinajstić information content (AvgIpc) is 2.40. The molecule has 0 aliphatic carbocycles. The normalized spacial score (nSPS) is 10.0. The summed E-state index contributed by atoms with van der Waals surface area (Å²) >= 11 is 3.27. The number of nitrogens with one attached hydrogen (secondary N) is 2. The minimum absolute atomic E-state index is 0.182. The molecule has 0 spiro atoms. The van der Waals surface area contributed by atoms with E-state index >= 15 is 0 Å². The number of anilines is 2. The quantitative estimate of drug-likeness (QED) is 0.782. The van der Waals surface area contributed by atoms with Crippen molar-refractivity contribution in [3.63, 3.8) is 0 Å². The molecule has 0 unspecified atom stereocenters. The zero-order valence-electron chi connectivity index (χ0n) is 10.6. The van der Waals surface area contributed by atoms with Gasteiger partial charge in [0.2, 0.25) is 0 Å². The van der Waals surface area contributed by atoms with Crippen LogP contribution in [-0.2, 0) is 0 Å². The minimum atomic E-state index is -1.40. The fourth-order valence-corrected chi connectivity index (χ4v) is 2.03. The van der Waals surface area contributed by atoms with Crippen LogP contribution in [0.3, 0.4) is 0 Å². The molecule has 0 bridgehead atoms. The Morgan fingerprint density at radius 3 is 2.33 bits per heavy atom. The van der Waals surface area contributed by atoms with Gasteiger partial charge in [0.05, 0.1) is 5.56 Å². The summed E-state index contributed by atoms with van der Waals surface area (Å²) in [5, 5.41) is 13.8. The summed E-state index contributed by atoms with van der Waals surface area (Å²) in [5.74, 6) is -2.26. The molecule has 0 saturated heterocycles. The Kier molecular flexibility index (Phi) is 4.54. The largest absolute Gasteiger partial charge is 0.478 e. The van der Waals surface area contributed by atoms with E-state index in [1.165, 1.54) is 6.07 Å². The molecule has 0 aromatic heterocycles. The van der Waals surface area contributed by atoms with E-state index < -0.39 is 23.4 Å². The summed E-state index contributed by atoms with van der Waals surface area (Å²) in [5.41, 5.74) is 0.235. The molecule has 0 atom stereocenters. The first-order valence-electron chi connectivity index (χ1n) is 5.82. The van der Waals surface area contributed by atoms with Gasteiger partial charge in [-0.2, -0.15) is 0 Å². The Bertz CT molecular complexity index is 706. The average molecular weight is 353 g/mol. The van der Waals surface area contributed by atoms with E-state index in [0.717, 1.165) is 16.6 Å². The number of carboxylic acids is 1. The van der Waals surface area contributed by atoms with Crippen molar-refractivity contribution in [2.75, 3.05) is 10.6 Å². The Hall–Kier alpha value is -2.41. The Balaban J connectivity index is 2.09. The van der Waals surface area contributed by atoms with E-state index in [9.17, 15) is 14.0 Å². The van der Waals surface area contributed by atoms with E-state index in [1.54, 1.807) is 18.2 Å². The van der Waals surface area contributed by atoms with E-state index in [2.05, 4.69) is 26.6 Å². The Morgan fingerprint density at radius 2 is 1.71 bits per heavy atom. The van der Waals surface area contributed by atoms with Crippen LogP contribution in [0.15, 0.2) is 46.9 Å². The molecular weight excluding hydrogens is 343 g/mol.